The molecule has 4 saturated carbocycles. The second-order valence-corrected chi connectivity index (χ2v) is 9.19. The van der Waals surface area contributed by atoms with Crippen LogP contribution in [0.4, 0.5) is 14.5 Å². The molecule has 5 aliphatic rings. The first kappa shape index (κ1) is 18.4. The molecule has 4 aliphatic carbocycles. The van der Waals surface area contributed by atoms with Crippen molar-refractivity contribution >= 4 is 17.5 Å². The molecule has 2 N–H and O–H groups in total. The zero-order chi connectivity index (χ0) is 20.7. The number of alkyl halides is 2. The Bertz CT molecular complexity index is 926. The van der Waals surface area contributed by atoms with Crippen molar-refractivity contribution in [1.82, 2.24) is 4.90 Å². The number of halogens is 2. The molecule has 1 heterocycles. The Kier molecular flexibility index (Phi) is 3.65. The zero-order valence-corrected chi connectivity index (χ0v) is 15.6. The maximum absolute atomic E-state index is 13.3. The molecule has 5 fully saturated rings. The summed E-state index contributed by atoms with van der Waals surface area (Å²) in [5, 5.41) is 11.3. The van der Waals surface area contributed by atoms with Gasteiger partial charge in [-0.15, -0.1) is 0 Å². The van der Waals surface area contributed by atoms with E-state index in [0.29, 0.717) is 18.4 Å². The summed E-state index contributed by atoms with van der Waals surface area (Å²) in [6.45, 7) is -1.26. The Balaban J connectivity index is 1.53. The molecule has 2 unspecified atom stereocenters. The minimum Gasteiger partial charge on any atom is -0.369 e. The van der Waals surface area contributed by atoms with E-state index in [1.165, 1.54) is 18.2 Å². The Hall–Kier alpha value is -2.58. The van der Waals surface area contributed by atoms with Crippen LogP contribution >= 0.6 is 0 Å². The van der Waals surface area contributed by atoms with Crippen LogP contribution < -0.4 is 5.73 Å². The topological polar surface area (TPSA) is 107 Å². The molecular formula is C20H21F2N3O4. The molecule has 1 aromatic rings. The molecule has 0 spiro atoms. The van der Waals surface area contributed by atoms with E-state index >= 15 is 0 Å². The quantitative estimate of drug-likeness (QED) is 0.614. The molecule has 4 bridgehead atoms. The second kappa shape index (κ2) is 5.73. The van der Waals surface area contributed by atoms with Crippen molar-refractivity contribution < 1.29 is 23.3 Å². The summed E-state index contributed by atoms with van der Waals surface area (Å²) in [7, 11) is 0. The molecule has 1 aromatic carbocycles. The highest BCUT2D eigenvalue weighted by molar-refractivity contribution is 5.97. The molecule has 0 aromatic heterocycles. The first-order valence-corrected chi connectivity index (χ1v) is 9.87. The lowest BCUT2D eigenvalue weighted by Gasteiger charge is -2.41. The van der Waals surface area contributed by atoms with Crippen molar-refractivity contribution in [2.45, 2.75) is 37.5 Å². The number of benzene rings is 1. The minimum atomic E-state index is -2.88. The summed E-state index contributed by atoms with van der Waals surface area (Å²) in [4.78, 5) is 37.0. The molecule has 154 valence electrons. The molecule has 7 nitrogen and oxygen atoms in total. The number of primary amides is 1. The van der Waals surface area contributed by atoms with Gasteiger partial charge in [-0.2, -0.15) is 0 Å². The average molecular weight is 405 g/mol. The van der Waals surface area contributed by atoms with E-state index in [0.717, 1.165) is 17.7 Å². The number of likely N-dealkylation sites (tertiary alicyclic amines) is 1. The van der Waals surface area contributed by atoms with Gasteiger partial charge in [-0.3, -0.25) is 19.7 Å². The number of carbonyl (C=O) groups excluding carboxylic acids is 2. The minimum absolute atomic E-state index is 0.0955. The van der Waals surface area contributed by atoms with Crippen LogP contribution in [-0.4, -0.2) is 40.6 Å². The third kappa shape index (κ3) is 2.52. The maximum Gasteiger partial charge on any atom is 0.282 e. The predicted octanol–water partition coefficient (Wildman–Crippen LogP) is 2.69. The van der Waals surface area contributed by atoms with Crippen molar-refractivity contribution in [2.75, 3.05) is 13.1 Å². The van der Waals surface area contributed by atoms with Gasteiger partial charge >= 0.3 is 0 Å². The van der Waals surface area contributed by atoms with Gasteiger partial charge in [0.25, 0.3) is 17.5 Å². The number of nitro groups is 1. The summed E-state index contributed by atoms with van der Waals surface area (Å²) in [6.07, 6.45) is 2.88. The summed E-state index contributed by atoms with van der Waals surface area (Å²) in [5.41, 5.74) is 5.93. The van der Waals surface area contributed by atoms with Gasteiger partial charge in [-0.25, -0.2) is 8.78 Å². The molecule has 2 atom stereocenters. The normalized spacial score (nSPS) is 36.1. The van der Waals surface area contributed by atoms with Gasteiger partial charge in [0.1, 0.15) is 0 Å². The summed E-state index contributed by atoms with van der Waals surface area (Å²) >= 11 is 0. The first-order valence-electron chi connectivity index (χ1n) is 9.87. The number of nitro benzene ring substituents is 1. The van der Waals surface area contributed by atoms with Crippen molar-refractivity contribution in [3.05, 3.63) is 39.4 Å². The van der Waals surface area contributed by atoms with E-state index in [-0.39, 0.29) is 40.8 Å². The molecule has 1 saturated heterocycles. The fourth-order valence-electron chi connectivity index (χ4n) is 6.60. The lowest BCUT2D eigenvalue weighted by atomic mass is 9.65. The molecule has 2 amide bonds. The Labute approximate surface area is 165 Å². The number of rotatable bonds is 4. The number of carbonyl (C=O) groups is 2. The summed E-state index contributed by atoms with van der Waals surface area (Å²) in [5.74, 6) is -3.29. The number of nitrogens with two attached hydrogens (primary N) is 1. The molecule has 1 aliphatic heterocycles. The van der Waals surface area contributed by atoms with Crippen LogP contribution in [0.25, 0.3) is 0 Å². The standard InChI is InChI=1S/C20H21F2N3O4/c21-20(22)8-24(9-20)17(26)14-2-1-13(25(28)29)5-15(14)16-10-3-12-4-11(16)7-19(12,6-10)18(23)27/h1-2,5,10-12,16H,3-4,6-9H2,(H2,23,27). The van der Waals surface area contributed by atoms with Gasteiger partial charge in [-0.05, 0) is 61.0 Å². The number of hydrogen-bond acceptors (Lipinski definition) is 4. The average Bonchev–Trinajstić information content (AvgIpc) is 3.07. The van der Waals surface area contributed by atoms with Crippen LogP contribution in [0.5, 0.6) is 0 Å². The van der Waals surface area contributed by atoms with Crippen molar-refractivity contribution in [2.24, 2.45) is 28.9 Å². The third-order valence-electron chi connectivity index (χ3n) is 7.68. The number of nitrogens with zero attached hydrogens (tertiary/aromatic N) is 2. The van der Waals surface area contributed by atoms with E-state index in [1.807, 2.05) is 0 Å². The molecule has 6 rings (SSSR count). The predicted molar refractivity (Wildman–Crippen MR) is 97.3 cm³/mol. The van der Waals surface area contributed by atoms with Crippen molar-refractivity contribution in [3.63, 3.8) is 0 Å². The molecule has 0 radical (unpaired) electrons. The van der Waals surface area contributed by atoms with Gasteiger partial charge < -0.3 is 10.6 Å². The van der Waals surface area contributed by atoms with Gasteiger partial charge in [0, 0.05) is 17.7 Å². The van der Waals surface area contributed by atoms with Gasteiger partial charge in [-0.1, -0.05) is 0 Å². The van der Waals surface area contributed by atoms with E-state index in [1.54, 1.807) is 0 Å². The Morgan fingerprint density at radius 1 is 1.17 bits per heavy atom. The SMILES string of the molecule is NC(=O)C12CC3CC1CC(C2)C3c1cc([N+](=O)[O-])ccc1C(=O)N1CC(F)(F)C1. The van der Waals surface area contributed by atoms with Gasteiger partial charge in [0.15, 0.2) is 0 Å². The highest BCUT2D eigenvalue weighted by atomic mass is 19.3. The Morgan fingerprint density at radius 3 is 2.28 bits per heavy atom. The van der Waals surface area contributed by atoms with Gasteiger partial charge in [0.05, 0.1) is 23.4 Å². The van der Waals surface area contributed by atoms with Crippen LogP contribution in [0.2, 0.25) is 0 Å². The number of non-ortho nitro benzene ring substituents is 1. The van der Waals surface area contributed by atoms with E-state index < -0.39 is 35.3 Å². The highest BCUT2D eigenvalue weighted by Gasteiger charge is 2.64. The van der Waals surface area contributed by atoms with Crippen LogP contribution in [-0.2, 0) is 4.79 Å². The fraction of sp³-hybridized carbons (Fsp3) is 0.600. The monoisotopic (exact) mass is 405 g/mol. The van der Waals surface area contributed by atoms with E-state index in [9.17, 15) is 28.5 Å². The lowest BCUT2D eigenvalue weighted by Crippen LogP contribution is -2.58. The van der Waals surface area contributed by atoms with E-state index in [2.05, 4.69) is 0 Å². The third-order valence-corrected chi connectivity index (χ3v) is 7.68. The second-order valence-electron chi connectivity index (χ2n) is 9.19. The van der Waals surface area contributed by atoms with Crippen LogP contribution in [0.1, 0.15) is 47.5 Å². The first-order chi connectivity index (χ1) is 13.6. The lowest BCUT2D eigenvalue weighted by molar-refractivity contribution is -0.385. The van der Waals surface area contributed by atoms with Gasteiger partial charge in [0.2, 0.25) is 5.91 Å². The molecule has 9 heteroatoms. The summed E-state index contributed by atoms with van der Waals surface area (Å²) < 4.78 is 26.5. The fourth-order valence-corrected chi connectivity index (χ4v) is 6.60. The number of amides is 2. The molecule has 29 heavy (non-hydrogen) atoms. The maximum atomic E-state index is 13.3. The molecular weight excluding hydrogens is 384 g/mol. The van der Waals surface area contributed by atoms with Crippen molar-refractivity contribution in [3.8, 4) is 0 Å². The van der Waals surface area contributed by atoms with Crippen LogP contribution in [0.15, 0.2) is 18.2 Å². The van der Waals surface area contributed by atoms with E-state index in [4.69, 9.17) is 5.73 Å². The Morgan fingerprint density at radius 2 is 1.79 bits per heavy atom. The summed E-state index contributed by atoms with van der Waals surface area (Å²) in [6, 6.07) is 4.08. The largest absolute Gasteiger partial charge is 0.369 e. The zero-order valence-electron chi connectivity index (χ0n) is 15.6. The number of hydrogen-bond donors (Lipinski definition) is 1. The van der Waals surface area contributed by atoms with Crippen LogP contribution in [0, 0.1) is 33.3 Å². The smallest absolute Gasteiger partial charge is 0.282 e. The highest BCUT2D eigenvalue weighted by Crippen LogP contribution is 2.69. The van der Waals surface area contributed by atoms with Crippen LogP contribution in [0.3, 0.4) is 0 Å². The van der Waals surface area contributed by atoms with Crippen molar-refractivity contribution in [1.29, 1.82) is 0 Å².